The number of hydrogen-bond donors (Lipinski definition) is 1. The fraction of sp³-hybridized carbons (Fsp3) is 0.447. The van der Waals surface area contributed by atoms with Crippen LogP contribution in [-0.2, 0) is 36.7 Å². The molecule has 5 rings (SSSR count). The van der Waals surface area contributed by atoms with E-state index in [1.807, 2.05) is 15.9 Å². The van der Waals surface area contributed by atoms with Crippen LogP contribution in [0.4, 0.5) is 0 Å². The Morgan fingerprint density at radius 1 is 0.827 bits per heavy atom. The van der Waals surface area contributed by atoms with E-state index in [0.29, 0.717) is 23.7 Å². The number of aromatic nitrogens is 1. The first-order valence-electron chi connectivity index (χ1n) is 18.8. The van der Waals surface area contributed by atoms with E-state index < -0.39 is 0 Å². The van der Waals surface area contributed by atoms with Crippen molar-refractivity contribution in [2.45, 2.75) is 102 Å². The van der Waals surface area contributed by atoms with Crippen molar-refractivity contribution < 1.29 is 34.6 Å². The van der Waals surface area contributed by atoms with Crippen LogP contribution in [0.3, 0.4) is 0 Å². The third-order valence-electron chi connectivity index (χ3n) is 10.6. The van der Waals surface area contributed by atoms with Gasteiger partial charge in [-0.1, -0.05) is 124 Å². The molecular formula is C47H62IrNO2S-. The predicted molar refractivity (Wildman–Crippen MR) is 223 cm³/mol. The van der Waals surface area contributed by atoms with E-state index in [2.05, 4.69) is 159 Å². The van der Waals surface area contributed by atoms with Crippen molar-refractivity contribution in [2.24, 2.45) is 35.5 Å². The topological polar surface area (TPSA) is 41.2 Å². The molecule has 5 aromatic rings. The molecule has 0 atom stereocenters. The van der Waals surface area contributed by atoms with Gasteiger partial charge in [-0.05, 0) is 70.4 Å². The van der Waals surface area contributed by atoms with Gasteiger partial charge < -0.3 is 9.67 Å². The molecule has 5 heteroatoms. The van der Waals surface area contributed by atoms with E-state index in [-0.39, 0.29) is 48.9 Å². The quantitative estimate of drug-likeness (QED) is 0.0693. The van der Waals surface area contributed by atoms with E-state index in [1.54, 1.807) is 0 Å². The summed E-state index contributed by atoms with van der Waals surface area (Å²) in [6, 6.07) is 17.8. The van der Waals surface area contributed by atoms with E-state index in [0.717, 1.165) is 17.7 Å². The van der Waals surface area contributed by atoms with Gasteiger partial charge in [-0.15, -0.1) is 34.4 Å². The number of benzene rings is 3. The van der Waals surface area contributed by atoms with Crippen LogP contribution in [0, 0.1) is 56.4 Å². The summed E-state index contributed by atoms with van der Waals surface area (Å²) in [5, 5.41) is 15.4. The maximum absolute atomic E-state index is 12.3. The van der Waals surface area contributed by atoms with Gasteiger partial charge in [-0.2, -0.15) is 12.5 Å². The summed E-state index contributed by atoms with van der Waals surface area (Å²) in [5.41, 5.74) is 7.59. The van der Waals surface area contributed by atoms with Crippen LogP contribution in [0.5, 0.6) is 0 Å². The average Bonchev–Trinajstić information content (AvgIpc) is 3.40. The zero-order valence-corrected chi connectivity index (χ0v) is 37.1. The third-order valence-corrected chi connectivity index (χ3v) is 12.0. The molecule has 1 N–H and O–H groups in total. The number of thiophene rings is 1. The standard InChI is InChI=1S/C30H30NS.C17H32O2.Ir/c1-8-20-13-14-23-24-15-16-31(7)27(29(24)32-28(23)18(20)2)25-17-26(30(4,5)6)22-12-10-9-11-21(22)19(25)3;1-10(2)16(11(3)4)14(18)9-15(19)17(12(5)6)13(7)8;/h9-17H,3,7-8H2,1-2,4-6H3;9-13,16-18H,1-8H3;/q-1;;/b;14-9-;. The maximum atomic E-state index is 12.3. The van der Waals surface area contributed by atoms with Crippen LogP contribution in [-0.4, -0.2) is 10.9 Å². The van der Waals surface area contributed by atoms with Crippen LogP contribution in [0.1, 0.15) is 105 Å². The van der Waals surface area contributed by atoms with Crippen LogP contribution >= 0.6 is 11.3 Å². The largest absolute Gasteiger partial charge is 0.512 e. The molecule has 0 aliphatic rings. The first kappa shape index (κ1) is 43.3. The number of hydrogen-bond acceptors (Lipinski definition) is 3. The van der Waals surface area contributed by atoms with Crippen molar-refractivity contribution in [3.8, 4) is 11.3 Å². The zero-order chi connectivity index (χ0) is 38.1. The maximum Gasteiger partial charge on any atom is 0.162 e. The molecule has 52 heavy (non-hydrogen) atoms. The molecule has 2 aromatic heterocycles. The molecule has 0 spiro atoms. The Kier molecular flexibility index (Phi) is 14.4. The number of allylic oxidation sites excluding steroid dienone is 2. The van der Waals surface area contributed by atoms with Crippen molar-refractivity contribution in [1.29, 1.82) is 0 Å². The smallest absolute Gasteiger partial charge is 0.162 e. The molecule has 3 nitrogen and oxygen atoms in total. The van der Waals surface area contributed by atoms with Crippen molar-refractivity contribution in [3.05, 3.63) is 103 Å². The van der Waals surface area contributed by atoms with Gasteiger partial charge in [-0.25, -0.2) is 0 Å². The number of fused-ring (bicyclic) bond motifs is 4. The molecule has 0 aliphatic heterocycles. The monoisotopic (exact) mass is 897 g/mol. The minimum absolute atomic E-state index is 0. The van der Waals surface area contributed by atoms with Crippen LogP contribution < -0.4 is 4.57 Å². The summed E-state index contributed by atoms with van der Waals surface area (Å²) in [4.78, 5) is 12.3. The van der Waals surface area contributed by atoms with Crippen LogP contribution in [0.2, 0.25) is 0 Å². The summed E-state index contributed by atoms with van der Waals surface area (Å²) in [6.45, 7) is 32.5. The number of carbonyl (C=O) groups excluding carboxylic acids is 1. The fourth-order valence-electron chi connectivity index (χ4n) is 8.21. The summed E-state index contributed by atoms with van der Waals surface area (Å²) in [5.74, 6) is 1.63. The zero-order valence-electron chi connectivity index (χ0n) is 33.9. The van der Waals surface area contributed by atoms with Crippen LogP contribution in [0.15, 0.2) is 66.6 Å². The number of nitrogens with zero attached hydrogens (tertiary/aromatic N) is 1. The summed E-state index contributed by atoms with van der Waals surface area (Å²) < 4.78 is 4.70. The molecule has 0 saturated heterocycles. The predicted octanol–water partition coefficient (Wildman–Crippen LogP) is 13.0. The second-order valence-electron chi connectivity index (χ2n) is 16.8. The number of carbonyl (C=O) groups is 1. The number of aliphatic hydroxyl groups is 1. The van der Waals surface area contributed by atoms with Crippen LogP contribution in [0.25, 0.3) is 42.2 Å². The Morgan fingerprint density at radius 3 is 1.88 bits per heavy atom. The van der Waals surface area contributed by atoms with Gasteiger partial charge in [0.25, 0.3) is 0 Å². The molecule has 0 bridgehead atoms. The minimum Gasteiger partial charge on any atom is -0.512 e. The Morgan fingerprint density at radius 2 is 1.37 bits per heavy atom. The number of aryl methyl sites for hydroxylation is 2. The van der Waals surface area contributed by atoms with E-state index in [1.165, 1.54) is 59.3 Å². The van der Waals surface area contributed by atoms with Crippen molar-refractivity contribution >= 4 is 48.1 Å². The number of pyridine rings is 1. The molecular weight excluding hydrogens is 835 g/mol. The van der Waals surface area contributed by atoms with Gasteiger partial charge in [0.15, 0.2) is 5.78 Å². The van der Waals surface area contributed by atoms with Gasteiger partial charge in [0.05, 0.1) is 17.6 Å². The van der Waals surface area contributed by atoms with E-state index in [9.17, 15) is 9.90 Å². The number of ketones is 1. The second kappa shape index (κ2) is 17.4. The SMILES string of the molecule is CC(C)C(C(=O)/C=C(\O)C(C(C)C)C(C)C)C(C)C.[CH2-]c1c(-c2c3sc4c(C)c(CC)ccc4c3cc[n+]2[CH2-])cc(C(C)(C)C)c2ccccc12.[Ir]. The Bertz CT molecular complexity index is 2040. The van der Waals surface area contributed by atoms with Gasteiger partial charge >= 0.3 is 0 Å². The molecule has 283 valence electrons. The first-order valence-corrected chi connectivity index (χ1v) is 19.7. The van der Waals surface area contributed by atoms with Crippen molar-refractivity contribution in [2.75, 3.05) is 0 Å². The molecule has 0 fully saturated rings. The average molecular weight is 897 g/mol. The van der Waals surface area contributed by atoms with E-state index in [4.69, 9.17) is 0 Å². The normalized spacial score (nSPS) is 12.6. The molecule has 0 amide bonds. The first-order chi connectivity index (χ1) is 23.8. The van der Waals surface area contributed by atoms with Gasteiger partial charge in [0.2, 0.25) is 0 Å². The number of aliphatic hydroxyl groups excluding tert-OH is 1. The van der Waals surface area contributed by atoms with Crippen molar-refractivity contribution in [1.82, 2.24) is 0 Å². The number of rotatable bonds is 9. The van der Waals surface area contributed by atoms with Gasteiger partial charge in [0.1, 0.15) is 0 Å². The van der Waals surface area contributed by atoms with Gasteiger partial charge in [0, 0.05) is 54.5 Å². The van der Waals surface area contributed by atoms with E-state index >= 15 is 0 Å². The fourth-order valence-corrected chi connectivity index (χ4v) is 9.60. The third kappa shape index (κ3) is 8.81. The summed E-state index contributed by atoms with van der Waals surface area (Å²) in [6.07, 6.45) is 4.63. The summed E-state index contributed by atoms with van der Waals surface area (Å²) in [7, 11) is 4.38. The van der Waals surface area contributed by atoms with Gasteiger partial charge in [-0.3, -0.25) is 4.79 Å². The Labute approximate surface area is 332 Å². The Balaban J connectivity index is 0.000000317. The Hall–Kier alpha value is -3.11. The minimum atomic E-state index is -0.0119. The molecule has 0 aliphatic carbocycles. The second-order valence-corrected chi connectivity index (χ2v) is 17.8. The van der Waals surface area contributed by atoms with Crippen molar-refractivity contribution in [3.63, 3.8) is 0 Å². The molecule has 2 heterocycles. The molecule has 3 aromatic carbocycles. The molecule has 1 radical (unpaired) electrons. The summed E-state index contributed by atoms with van der Waals surface area (Å²) >= 11 is 1.89. The molecule has 0 saturated carbocycles. The molecule has 0 unspecified atom stereocenters.